The number of amides is 1. The zero-order valence-corrected chi connectivity index (χ0v) is 13.5. The highest BCUT2D eigenvalue weighted by Gasteiger charge is 2.33. The highest BCUT2D eigenvalue weighted by Crippen LogP contribution is 2.19. The first kappa shape index (κ1) is 18.1. The lowest BCUT2D eigenvalue weighted by molar-refractivity contribution is -0.163. The largest absolute Gasteiger partial charge is 0.467 e. The van der Waals surface area contributed by atoms with E-state index >= 15 is 0 Å². The van der Waals surface area contributed by atoms with Crippen LogP contribution < -0.4 is 0 Å². The molecule has 0 unspecified atom stereocenters. The van der Waals surface area contributed by atoms with Crippen LogP contribution in [-0.2, 0) is 17.9 Å². The maximum atomic E-state index is 12.7. The highest BCUT2D eigenvalue weighted by molar-refractivity contribution is 5.78. The molecule has 24 heavy (non-hydrogen) atoms. The van der Waals surface area contributed by atoms with Crippen molar-refractivity contribution in [3.05, 3.63) is 47.8 Å². The summed E-state index contributed by atoms with van der Waals surface area (Å²) in [6.45, 7) is 0.430. The van der Waals surface area contributed by atoms with Crippen LogP contribution in [0.25, 0.3) is 0 Å². The highest BCUT2D eigenvalue weighted by atomic mass is 19.4. The number of halogens is 3. The number of rotatable bonds is 7. The summed E-state index contributed by atoms with van der Waals surface area (Å²) in [4.78, 5) is 14.6. The minimum Gasteiger partial charge on any atom is -0.467 e. The van der Waals surface area contributed by atoms with E-state index in [0.29, 0.717) is 18.1 Å². The van der Waals surface area contributed by atoms with Crippen LogP contribution in [0.3, 0.4) is 0 Å². The van der Waals surface area contributed by atoms with Gasteiger partial charge in [0.2, 0.25) is 5.91 Å². The van der Waals surface area contributed by atoms with Gasteiger partial charge in [-0.05, 0) is 38.2 Å². The molecule has 2 aromatic rings. The lowest BCUT2D eigenvalue weighted by Gasteiger charge is -2.25. The summed E-state index contributed by atoms with van der Waals surface area (Å²) < 4.78 is 48.6. The van der Waals surface area contributed by atoms with E-state index < -0.39 is 18.6 Å². The molecule has 0 atom stereocenters. The van der Waals surface area contributed by atoms with Crippen molar-refractivity contribution in [1.29, 1.82) is 0 Å². The fourth-order valence-corrected chi connectivity index (χ4v) is 2.26. The van der Waals surface area contributed by atoms with Gasteiger partial charge in [0.15, 0.2) is 0 Å². The normalized spacial score (nSPS) is 11.9. The van der Waals surface area contributed by atoms with E-state index in [2.05, 4.69) is 0 Å². The van der Waals surface area contributed by atoms with Gasteiger partial charge in [0.1, 0.15) is 23.8 Å². The lowest BCUT2D eigenvalue weighted by Crippen LogP contribution is -2.43. The molecule has 0 N–H and O–H groups in total. The second-order valence-corrected chi connectivity index (χ2v) is 5.63. The first-order chi connectivity index (χ1) is 11.2. The van der Waals surface area contributed by atoms with Gasteiger partial charge in [-0.15, -0.1) is 0 Å². The number of aryl methyl sites for hydroxylation is 1. The topological polar surface area (TPSA) is 49.8 Å². The molecule has 0 aliphatic carbocycles. The molecule has 0 radical (unpaired) electrons. The zero-order chi connectivity index (χ0) is 17.7. The number of hydrogen-bond acceptors (Lipinski definition) is 4. The standard InChI is InChI=1S/C16H19F3N2O3/c1-12-5-6-14(24-12)8-20(2)10-15(22)21(11-16(17,18)19)9-13-4-3-7-23-13/h3-7H,8-11H2,1-2H3. The Morgan fingerprint density at radius 2 is 1.92 bits per heavy atom. The summed E-state index contributed by atoms with van der Waals surface area (Å²) in [5, 5.41) is 0. The number of furan rings is 2. The fourth-order valence-electron chi connectivity index (χ4n) is 2.26. The van der Waals surface area contributed by atoms with Crippen LogP contribution in [0.5, 0.6) is 0 Å². The van der Waals surface area contributed by atoms with Crippen LogP contribution >= 0.6 is 0 Å². The van der Waals surface area contributed by atoms with Crippen molar-refractivity contribution in [1.82, 2.24) is 9.80 Å². The predicted octanol–water partition coefficient (Wildman–Crippen LogP) is 3.20. The van der Waals surface area contributed by atoms with Gasteiger partial charge in [0.05, 0.1) is 25.9 Å². The van der Waals surface area contributed by atoms with Crippen molar-refractivity contribution >= 4 is 5.91 Å². The summed E-state index contributed by atoms with van der Waals surface area (Å²) in [6, 6.07) is 6.66. The zero-order valence-electron chi connectivity index (χ0n) is 13.5. The maximum Gasteiger partial charge on any atom is 0.406 e. The Hall–Kier alpha value is -2.22. The average Bonchev–Trinajstić information content (AvgIpc) is 3.08. The Morgan fingerprint density at radius 3 is 2.46 bits per heavy atom. The summed E-state index contributed by atoms with van der Waals surface area (Å²) >= 11 is 0. The molecule has 0 spiro atoms. The molecule has 0 aromatic carbocycles. The van der Waals surface area contributed by atoms with E-state index in [1.165, 1.54) is 12.3 Å². The van der Waals surface area contributed by atoms with Crippen LogP contribution in [0, 0.1) is 6.92 Å². The molecule has 0 aliphatic rings. The van der Waals surface area contributed by atoms with Gasteiger partial charge in [-0.1, -0.05) is 0 Å². The Bertz CT molecular complexity index is 650. The van der Waals surface area contributed by atoms with Crippen LogP contribution in [-0.4, -0.2) is 42.0 Å². The third kappa shape index (κ3) is 5.77. The molecule has 0 bridgehead atoms. The predicted molar refractivity (Wildman–Crippen MR) is 80.0 cm³/mol. The molecule has 5 nitrogen and oxygen atoms in total. The second kappa shape index (κ2) is 7.57. The van der Waals surface area contributed by atoms with E-state index in [-0.39, 0.29) is 13.1 Å². The van der Waals surface area contributed by atoms with Crippen molar-refractivity contribution in [2.45, 2.75) is 26.2 Å². The molecule has 2 rings (SSSR count). The van der Waals surface area contributed by atoms with Crippen molar-refractivity contribution in [2.24, 2.45) is 0 Å². The van der Waals surface area contributed by atoms with E-state index in [1.807, 2.05) is 0 Å². The van der Waals surface area contributed by atoms with Crippen molar-refractivity contribution in [3.8, 4) is 0 Å². The molecular weight excluding hydrogens is 325 g/mol. The lowest BCUT2D eigenvalue weighted by atomic mass is 10.3. The number of nitrogens with zero attached hydrogens (tertiary/aromatic N) is 2. The molecule has 2 heterocycles. The van der Waals surface area contributed by atoms with Gasteiger partial charge < -0.3 is 13.7 Å². The number of carbonyl (C=O) groups excluding carboxylic acids is 1. The van der Waals surface area contributed by atoms with E-state index in [9.17, 15) is 18.0 Å². The molecule has 0 saturated heterocycles. The van der Waals surface area contributed by atoms with Crippen molar-refractivity contribution < 1.29 is 26.8 Å². The van der Waals surface area contributed by atoms with Gasteiger partial charge in [-0.2, -0.15) is 13.2 Å². The summed E-state index contributed by atoms with van der Waals surface area (Å²) in [7, 11) is 1.65. The Kier molecular flexibility index (Phi) is 5.71. The molecule has 0 saturated carbocycles. The molecular formula is C16H19F3N2O3. The van der Waals surface area contributed by atoms with Crippen LogP contribution in [0.4, 0.5) is 13.2 Å². The minimum atomic E-state index is -4.47. The van der Waals surface area contributed by atoms with Crippen LogP contribution in [0.15, 0.2) is 39.4 Å². The number of likely N-dealkylation sites (N-methyl/N-ethyl adjacent to an activating group) is 1. The quantitative estimate of drug-likeness (QED) is 0.774. The summed E-state index contributed by atoms with van der Waals surface area (Å²) in [5.41, 5.74) is 0. The molecule has 2 aromatic heterocycles. The van der Waals surface area contributed by atoms with Gasteiger partial charge in [-0.3, -0.25) is 9.69 Å². The maximum absolute atomic E-state index is 12.7. The monoisotopic (exact) mass is 344 g/mol. The first-order valence-electron chi connectivity index (χ1n) is 7.34. The first-order valence-corrected chi connectivity index (χ1v) is 7.34. The molecule has 1 amide bonds. The molecule has 0 aliphatic heterocycles. The van der Waals surface area contributed by atoms with E-state index in [1.54, 1.807) is 37.1 Å². The smallest absolute Gasteiger partial charge is 0.406 e. The van der Waals surface area contributed by atoms with Gasteiger partial charge in [0.25, 0.3) is 0 Å². The molecule has 132 valence electrons. The second-order valence-electron chi connectivity index (χ2n) is 5.63. The van der Waals surface area contributed by atoms with Gasteiger partial charge in [-0.25, -0.2) is 0 Å². The van der Waals surface area contributed by atoms with Crippen molar-refractivity contribution in [2.75, 3.05) is 20.1 Å². The SMILES string of the molecule is Cc1ccc(CN(C)CC(=O)N(Cc2ccco2)CC(F)(F)F)o1. The Balaban J connectivity index is 1.97. The number of hydrogen-bond donors (Lipinski definition) is 0. The minimum absolute atomic E-state index is 0.156. The third-order valence-electron chi connectivity index (χ3n) is 3.28. The van der Waals surface area contributed by atoms with E-state index in [0.717, 1.165) is 10.7 Å². The van der Waals surface area contributed by atoms with Gasteiger partial charge >= 0.3 is 6.18 Å². The third-order valence-corrected chi connectivity index (χ3v) is 3.28. The number of alkyl halides is 3. The van der Waals surface area contributed by atoms with Gasteiger partial charge in [0, 0.05) is 0 Å². The van der Waals surface area contributed by atoms with Crippen molar-refractivity contribution in [3.63, 3.8) is 0 Å². The number of carbonyl (C=O) groups is 1. The van der Waals surface area contributed by atoms with E-state index in [4.69, 9.17) is 8.83 Å². The molecule has 8 heteroatoms. The van der Waals surface area contributed by atoms with Crippen LogP contribution in [0.1, 0.15) is 17.3 Å². The summed E-state index contributed by atoms with van der Waals surface area (Å²) in [6.07, 6.45) is -3.12. The average molecular weight is 344 g/mol. The Labute approximate surface area is 137 Å². The Morgan fingerprint density at radius 1 is 1.17 bits per heavy atom. The summed E-state index contributed by atoms with van der Waals surface area (Å²) in [5.74, 6) is 1.06. The fraction of sp³-hybridized carbons (Fsp3) is 0.438. The van der Waals surface area contributed by atoms with Crippen LogP contribution in [0.2, 0.25) is 0 Å². The molecule has 0 fully saturated rings.